The summed E-state index contributed by atoms with van der Waals surface area (Å²) in [4.78, 5) is 0. The molecule has 1 rings (SSSR count). The van der Waals surface area contributed by atoms with Crippen molar-refractivity contribution >= 4 is 0 Å². The minimum atomic E-state index is -0.436. The number of hydrogen-bond donors (Lipinski definition) is 0. The SMILES string of the molecule is CC(C)(C)CCc1c(F)cccc1F. The van der Waals surface area contributed by atoms with E-state index in [2.05, 4.69) is 20.8 Å². The molecule has 1 aromatic rings. The maximum atomic E-state index is 13.2. The zero-order chi connectivity index (χ0) is 10.8. The molecular weight excluding hydrogens is 182 g/mol. The molecular formula is C12H16F2. The second-order valence-electron chi connectivity index (χ2n) is 4.76. The lowest BCUT2D eigenvalue weighted by molar-refractivity contribution is 0.371. The number of halogens is 2. The molecule has 0 saturated carbocycles. The molecule has 0 bridgehead atoms. The summed E-state index contributed by atoms with van der Waals surface area (Å²) in [5, 5.41) is 0. The highest BCUT2D eigenvalue weighted by Gasteiger charge is 2.14. The molecule has 0 heterocycles. The van der Waals surface area contributed by atoms with Gasteiger partial charge in [0.05, 0.1) is 0 Å². The molecule has 0 aliphatic carbocycles. The summed E-state index contributed by atoms with van der Waals surface area (Å²) in [5.41, 5.74) is 0.316. The molecule has 0 unspecified atom stereocenters. The first-order valence-electron chi connectivity index (χ1n) is 4.83. The average molecular weight is 198 g/mol. The van der Waals surface area contributed by atoms with Gasteiger partial charge in [-0.05, 0) is 30.4 Å². The van der Waals surface area contributed by atoms with Gasteiger partial charge in [-0.3, -0.25) is 0 Å². The average Bonchev–Trinajstić information content (AvgIpc) is 2.01. The standard InChI is InChI=1S/C12H16F2/c1-12(2,3)8-7-9-10(13)5-4-6-11(9)14/h4-6H,7-8H2,1-3H3. The van der Waals surface area contributed by atoms with Crippen LogP contribution in [-0.4, -0.2) is 0 Å². The molecule has 0 saturated heterocycles. The molecule has 0 nitrogen and oxygen atoms in total. The van der Waals surface area contributed by atoms with Gasteiger partial charge < -0.3 is 0 Å². The first kappa shape index (κ1) is 11.2. The van der Waals surface area contributed by atoms with Gasteiger partial charge in [-0.2, -0.15) is 0 Å². The largest absolute Gasteiger partial charge is 0.207 e. The van der Waals surface area contributed by atoms with Crippen LogP contribution < -0.4 is 0 Å². The third-order valence-corrected chi connectivity index (χ3v) is 2.19. The van der Waals surface area contributed by atoms with E-state index >= 15 is 0 Å². The Balaban J connectivity index is 2.77. The Kier molecular flexibility index (Phi) is 3.25. The fourth-order valence-electron chi connectivity index (χ4n) is 1.27. The lowest BCUT2D eigenvalue weighted by Crippen LogP contribution is -2.08. The van der Waals surface area contributed by atoms with Gasteiger partial charge in [0, 0.05) is 5.56 Å². The van der Waals surface area contributed by atoms with Crippen molar-refractivity contribution in [2.45, 2.75) is 33.6 Å². The predicted octanol–water partition coefficient (Wildman–Crippen LogP) is 3.94. The zero-order valence-electron chi connectivity index (χ0n) is 8.90. The third-order valence-electron chi connectivity index (χ3n) is 2.19. The summed E-state index contributed by atoms with van der Waals surface area (Å²) < 4.78 is 26.4. The number of hydrogen-bond acceptors (Lipinski definition) is 0. The van der Waals surface area contributed by atoms with Crippen LogP contribution >= 0.6 is 0 Å². The summed E-state index contributed by atoms with van der Waals surface area (Å²) in [5.74, 6) is -0.872. The van der Waals surface area contributed by atoms with Gasteiger partial charge in [0.1, 0.15) is 11.6 Å². The van der Waals surface area contributed by atoms with Gasteiger partial charge in [0.2, 0.25) is 0 Å². The van der Waals surface area contributed by atoms with Crippen molar-refractivity contribution in [3.8, 4) is 0 Å². The molecule has 0 atom stereocenters. The molecule has 0 aliphatic rings. The van der Waals surface area contributed by atoms with Crippen molar-refractivity contribution in [2.75, 3.05) is 0 Å². The first-order valence-corrected chi connectivity index (χ1v) is 4.83. The Morgan fingerprint density at radius 1 is 1.07 bits per heavy atom. The summed E-state index contributed by atoms with van der Waals surface area (Å²) in [6, 6.07) is 4.01. The summed E-state index contributed by atoms with van der Waals surface area (Å²) in [6.07, 6.45) is 1.24. The first-order chi connectivity index (χ1) is 6.40. The van der Waals surface area contributed by atoms with Crippen molar-refractivity contribution in [3.63, 3.8) is 0 Å². The van der Waals surface area contributed by atoms with E-state index in [-0.39, 0.29) is 11.0 Å². The van der Waals surface area contributed by atoms with Crippen LogP contribution in [0.1, 0.15) is 32.8 Å². The van der Waals surface area contributed by atoms with Crippen molar-refractivity contribution < 1.29 is 8.78 Å². The highest BCUT2D eigenvalue weighted by molar-refractivity contribution is 5.19. The zero-order valence-corrected chi connectivity index (χ0v) is 8.90. The fraction of sp³-hybridized carbons (Fsp3) is 0.500. The number of benzene rings is 1. The van der Waals surface area contributed by atoms with E-state index in [1.54, 1.807) is 0 Å². The van der Waals surface area contributed by atoms with Gasteiger partial charge in [0.15, 0.2) is 0 Å². The monoisotopic (exact) mass is 198 g/mol. The topological polar surface area (TPSA) is 0 Å². The van der Waals surface area contributed by atoms with Crippen LogP contribution in [0.15, 0.2) is 18.2 Å². The van der Waals surface area contributed by atoms with Crippen molar-refractivity contribution in [1.29, 1.82) is 0 Å². The van der Waals surface area contributed by atoms with Gasteiger partial charge in [-0.25, -0.2) is 8.78 Å². The van der Waals surface area contributed by atoms with Crippen molar-refractivity contribution in [2.24, 2.45) is 5.41 Å². The second kappa shape index (κ2) is 4.07. The molecule has 2 heteroatoms. The molecule has 78 valence electrons. The van der Waals surface area contributed by atoms with Crippen LogP contribution in [0.3, 0.4) is 0 Å². The predicted molar refractivity (Wildman–Crippen MR) is 54.1 cm³/mol. The summed E-state index contributed by atoms with van der Waals surface area (Å²) in [6.45, 7) is 6.18. The van der Waals surface area contributed by atoms with Crippen molar-refractivity contribution in [1.82, 2.24) is 0 Å². The number of rotatable bonds is 2. The van der Waals surface area contributed by atoms with Crippen LogP contribution in [0.4, 0.5) is 8.78 Å². The fourth-order valence-corrected chi connectivity index (χ4v) is 1.27. The van der Waals surface area contributed by atoms with E-state index < -0.39 is 11.6 Å². The summed E-state index contributed by atoms with van der Waals surface area (Å²) >= 11 is 0. The Morgan fingerprint density at radius 3 is 2.00 bits per heavy atom. The maximum absolute atomic E-state index is 13.2. The third kappa shape index (κ3) is 3.09. The minimum absolute atomic E-state index is 0.106. The van der Waals surface area contributed by atoms with Crippen molar-refractivity contribution in [3.05, 3.63) is 35.4 Å². The normalized spacial score (nSPS) is 11.8. The van der Waals surface area contributed by atoms with Crippen LogP contribution in [0, 0.1) is 17.0 Å². The highest BCUT2D eigenvalue weighted by Crippen LogP contribution is 2.23. The molecule has 0 amide bonds. The summed E-state index contributed by atoms with van der Waals surface area (Å²) in [7, 11) is 0. The van der Waals surface area contributed by atoms with E-state index in [1.807, 2.05) is 0 Å². The van der Waals surface area contributed by atoms with Crippen LogP contribution in [0.5, 0.6) is 0 Å². The van der Waals surface area contributed by atoms with Gasteiger partial charge >= 0.3 is 0 Å². The Morgan fingerprint density at radius 2 is 1.57 bits per heavy atom. The van der Waals surface area contributed by atoms with Crippen LogP contribution in [0.2, 0.25) is 0 Å². The Bertz CT molecular complexity index is 290. The van der Waals surface area contributed by atoms with E-state index in [1.165, 1.54) is 18.2 Å². The molecule has 0 N–H and O–H groups in total. The highest BCUT2D eigenvalue weighted by atomic mass is 19.1. The molecule has 0 radical (unpaired) electrons. The van der Waals surface area contributed by atoms with E-state index in [9.17, 15) is 8.78 Å². The van der Waals surface area contributed by atoms with Gasteiger partial charge in [0.25, 0.3) is 0 Å². The lowest BCUT2D eigenvalue weighted by atomic mass is 9.88. The van der Waals surface area contributed by atoms with Gasteiger partial charge in [-0.1, -0.05) is 26.8 Å². The molecule has 14 heavy (non-hydrogen) atoms. The minimum Gasteiger partial charge on any atom is -0.207 e. The Labute approximate surface area is 84.0 Å². The molecule has 0 aliphatic heterocycles. The van der Waals surface area contributed by atoms with Crippen LogP contribution in [-0.2, 0) is 6.42 Å². The second-order valence-corrected chi connectivity index (χ2v) is 4.76. The van der Waals surface area contributed by atoms with Gasteiger partial charge in [-0.15, -0.1) is 0 Å². The molecule has 0 aromatic heterocycles. The molecule has 0 fully saturated rings. The molecule has 0 spiro atoms. The van der Waals surface area contributed by atoms with E-state index in [0.29, 0.717) is 6.42 Å². The molecule has 1 aromatic carbocycles. The quantitative estimate of drug-likeness (QED) is 0.675. The Hall–Kier alpha value is -0.920. The van der Waals surface area contributed by atoms with E-state index in [4.69, 9.17) is 0 Å². The maximum Gasteiger partial charge on any atom is 0.129 e. The lowest BCUT2D eigenvalue weighted by Gasteiger charge is -2.18. The van der Waals surface area contributed by atoms with Crippen LogP contribution in [0.25, 0.3) is 0 Å². The van der Waals surface area contributed by atoms with E-state index in [0.717, 1.165) is 6.42 Å². The smallest absolute Gasteiger partial charge is 0.129 e.